The maximum Gasteiger partial charge on any atom is 0.697 e. The number of unbranched alkanes of at least 4 members (excludes halogenated alkanes) is 4. The second-order valence-electron chi connectivity index (χ2n) is 7.12. The molecule has 0 aliphatic carbocycles. The van der Waals surface area contributed by atoms with Gasteiger partial charge in [0, 0.05) is 4.57 Å². The van der Waals surface area contributed by atoms with Crippen LogP contribution in [0.15, 0.2) is 0 Å². The number of rotatable bonds is 18. The van der Waals surface area contributed by atoms with Gasteiger partial charge in [0.15, 0.2) is 0 Å². The Morgan fingerprint density at radius 1 is 0.625 bits per heavy atom. The standard InChI is InChI=1S/C20H42O3P/c1-5-9-11-15-19(13-7-3)17-22-24(21)23-18-20(14-8-4)16-12-10-6-2/h19-20H,5-18H2,1-4H3/q+1. The molecule has 0 rings (SSSR count). The molecule has 2 atom stereocenters. The Kier molecular flexibility index (Phi) is 17.8. The van der Waals surface area contributed by atoms with Crippen LogP contribution in [0, 0.1) is 11.8 Å². The van der Waals surface area contributed by atoms with Crippen molar-refractivity contribution in [2.24, 2.45) is 11.8 Å². The summed E-state index contributed by atoms with van der Waals surface area (Å²) in [6.45, 7) is 10.0. The zero-order valence-corrected chi connectivity index (χ0v) is 17.6. The highest BCUT2D eigenvalue weighted by molar-refractivity contribution is 7.33. The maximum absolute atomic E-state index is 12.0. The molecular weight excluding hydrogens is 319 g/mol. The predicted octanol–water partition coefficient (Wildman–Crippen LogP) is 7.67. The van der Waals surface area contributed by atoms with Crippen LogP contribution in [0.25, 0.3) is 0 Å². The summed E-state index contributed by atoms with van der Waals surface area (Å²) in [5.74, 6) is 1.06. The molecule has 0 saturated carbocycles. The second kappa shape index (κ2) is 17.8. The highest BCUT2D eigenvalue weighted by Crippen LogP contribution is 2.29. The van der Waals surface area contributed by atoms with Crippen LogP contribution in [0.2, 0.25) is 0 Å². The Labute approximate surface area is 152 Å². The molecule has 0 aliphatic rings. The fourth-order valence-corrected chi connectivity index (χ4v) is 3.91. The van der Waals surface area contributed by atoms with Crippen molar-refractivity contribution in [3.63, 3.8) is 0 Å². The van der Waals surface area contributed by atoms with Crippen molar-refractivity contribution in [1.29, 1.82) is 0 Å². The third-order valence-corrected chi connectivity index (χ3v) is 5.38. The highest BCUT2D eigenvalue weighted by Gasteiger charge is 2.25. The van der Waals surface area contributed by atoms with Crippen molar-refractivity contribution >= 4 is 8.25 Å². The minimum atomic E-state index is -1.95. The largest absolute Gasteiger partial charge is 0.697 e. The Balaban J connectivity index is 4.00. The van der Waals surface area contributed by atoms with Crippen molar-refractivity contribution in [2.45, 2.75) is 105 Å². The van der Waals surface area contributed by atoms with Gasteiger partial charge < -0.3 is 0 Å². The molecule has 2 unspecified atom stereocenters. The average Bonchev–Trinajstić information content (AvgIpc) is 2.58. The van der Waals surface area contributed by atoms with Gasteiger partial charge in [0.2, 0.25) is 0 Å². The van der Waals surface area contributed by atoms with E-state index in [1.807, 2.05) is 0 Å². The van der Waals surface area contributed by atoms with E-state index in [0.717, 1.165) is 25.7 Å². The lowest BCUT2D eigenvalue weighted by Crippen LogP contribution is -2.10. The molecule has 0 aromatic rings. The molecule has 0 radical (unpaired) electrons. The number of hydrogen-bond acceptors (Lipinski definition) is 3. The molecule has 0 fully saturated rings. The van der Waals surface area contributed by atoms with Gasteiger partial charge in [-0.3, -0.25) is 0 Å². The molecule has 24 heavy (non-hydrogen) atoms. The first-order valence-corrected chi connectivity index (χ1v) is 11.5. The Hall–Kier alpha value is 0.0200. The molecule has 0 aliphatic heterocycles. The third kappa shape index (κ3) is 14.4. The van der Waals surface area contributed by atoms with E-state index in [-0.39, 0.29) is 0 Å². The van der Waals surface area contributed by atoms with Gasteiger partial charge in [0.1, 0.15) is 13.2 Å². The molecule has 0 heterocycles. The summed E-state index contributed by atoms with van der Waals surface area (Å²) in [4.78, 5) is 0. The molecule has 0 bridgehead atoms. The van der Waals surface area contributed by atoms with Crippen LogP contribution in [-0.2, 0) is 13.6 Å². The molecule has 0 N–H and O–H groups in total. The molecule has 0 spiro atoms. The lowest BCUT2D eigenvalue weighted by molar-refractivity contribution is 0.163. The molecule has 3 nitrogen and oxygen atoms in total. The van der Waals surface area contributed by atoms with E-state index in [2.05, 4.69) is 27.7 Å². The second-order valence-corrected chi connectivity index (χ2v) is 8.08. The normalized spacial score (nSPS) is 14.6. The van der Waals surface area contributed by atoms with Crippen LogP contribution in [-0.4, -0.2) is 13.2 Å². The summed E-state index contributed by atoms with van der Waals surface area (Å²) < 4.78 is 23.1. The van der Waals surface area contributed by atoms with Gasteiger partial charge in [-0.1, -0.05) is 79.1 Å². The first-order valence-electron chi connectivity index (χ1n) is 10.4. The van der Waals surface area contributed by atoms with E-state index in [4.69, 9.17) is 9.05 Å². The fraction of sp³-hybridized carbons (Fsp3) is 1.00. The fourth-order valence-electron chi connectivity index (χ4n) is 3.17. The third-order valence-electron chi connectivity index (χ3n) is 4.66. The van der Waals surface area contributed by atoms with Gasteiger partial charge in [-0.25, -0.2) is 0 Å². The van der Waals surface area contributed by atoms with E-state index in [1.54, 1.807) is 0 Å². The Morgan fingerprint density at radius 2 is 1.04 bits per heavy atom. The molecule has 144 valence electrons. The van der Waals surface area contributed by atoms with Crippen molar-refractivity contribution < 1.29 is 13.6 Å². The minimum absolute atomic E-state index is 0.528. The SMILES string of the molecule is CCCCCC(CCC)CO[P+](=O)OCC(CCC)CCCCC. The molecular formula is C20H42O3P+. The highest BCUT2D eigenvalue weighted by atomic mass is 31.1. The van der Waals surface area contributed by atoms with Crippen LogP contribution < -0.4 is 0 Å². The quantitative estimate of drug-likeness (QED) is 0.185. The zero-order valence-electron chi connectivity index (χ0n) is 16.7. The van der Waals surface area contributed by atoms with Crippen LogP contribution in [0.3, 0.4) is 0 Å². The lowest BCUT2D eigenvalue weighted by atomic mass is 9.98. The minimum Gasteiger partial charge on any atom is -0.119 e. The summed E-state index contributed by atoms with van der Waals surface area (Å²) in [6.07, 6.45) is 14.5. The van der Waals surface area contributed by atoms with Gasteiger partial charge in [-0.05, 0) is 37.5 Å². The first-order chi connectivity index (χ1) is 11.7. The van der Waals surface area contributed by atoms with Crippen LogP contribution in [0.5, 0.6) is 0 Å². The monoisotopic (exact) mass is 361 g/mol. The summed E-state index contributed by atoms with van der Waals surface area (Å²) in [5, 5.41) is 0. The van der Waals surface area contributed by atoms with E-state index in [1.165, 1.54) is 51.4 Å². The van der Waals surface area contributed by atoms with E-state index in [9.17, 15) is 4.57 Å². The molecule has 0 aromatic carbocycles. The molecule has 0 amide bonds. The van der Waals surface area contributed by atoms with E-state index >= 15 is 0 Å². The summed E-state index contributed by atoms with van der Waals surface area (Å²) >= 11 is 0. The van der Waals surface area contributed by atoms with Crippen molar-refractivity contribution in [3.05, 3.63) is 0 Å². The van der Waals surface area contributed by atoms with Crippen molar-refractivity contribution in [2.75, 3.05) is 13.2 Å². The summed E-state index contributed by atoms with van der Waals surface area (Å²) in [6, 6.07) is 0. The molecule has 0 aromatic heterocycles. The van der Waals surface area contributed by atoms with Crippen LogP contribution in [0.1, 0.15) is 105 Å². The topological polar surface area (TPSA) is 35.5 Å². The lowest BCUT2D eigenvalue weighted by Gasteiger charge is -2.13. The zero-order chi connectivity index (χ0) is 18.0. The summed E-state index contributed by atoms with van der Waals surface area (Å²) in [5.41, 5.74) is 0. The Bertz CT molecular complexity index is 258. The van der Waals surface area contributed by atoms with Gasteiger partial charge in [-0.2, -0.15) is 0 Å². The smallest absolute Gasteiger partial charge is 0.119 e. The first kappa shape index (κ1) is 24.0. The average molecular weight is 362 g/mol. The van der Waals surface area contributed by atoms with Gasteiger partial charge in [0.25, 0.3) is 0 Å². The van der Waals surface area contributed by atoms with E-state index < -0.39 is 8.25 Å². The van der Waals surface area contributed by atoms with Crippen molar-refractivity contribution in [1.82, 2.24) is 0 Å². The summed E-state index contributed by atoms with van der Waals surface area (Å²) in [7, 11) is -1.95. The van der Waals surface area contributed by atoms with Crippen LogP contribution >= 0.6 is 8.25 Å². The molecule has 4 heteroatoms. The van der Waals surface area contributed by atoms with Crippen molar-refractivity contribution in [3.8, 4) is 0 Å². The van der Waals surface area contributed by atoms with E-state index in [0.29, 0.717) is 25.0 Å². The molecule has 0 saturated heterocycles. The maximum atomic E-state index is 12.0. The predicted molar refractivity (Wildman–Crippen MR) is 105 cm³/mol. The Morgan fingerprint density at radius 3 is 1.38 bits per heavy atom. The van der Waals surface area contributed by atoms with Crippen LogP contribution in [0.4, 0.5) is 0 Å². The van der Waals surface area contributed by atoms with Gasteiger partial charge >= 0.3 is 8.25 Å². The number of hydrogen-bond donors (Lipinski definition) is 0. The van der Waals surface area contributed by atoms with Gasteiger partial charge in [-0.15, -0.1) is 9.05 Å². The van der Waals surface area contributed by atoms with Gasteiger partial charge in [0.05, 0.1) is 0 Å².